The summed E-state index contributed by atoms with van der Waals surface area (Å²) >= 11 is 0. The number of aliphatic hydroxyl groups is 2. The van der Waals surface area contributed by atoms with Gasteiger partial charge in [-0.3, -0.25) is 0 Å². The van der Waals surface area contributed by atoms with Crippen molar-refractivity contribution in [2.75, 3.05) is 0 Å². The van der Waals surface area contributed by atoms with Gasteiger partial charge in [-0.15, -0.1) is 0 Å². The van der Waals surface area contributed by atoms with Crippen molar-refractivity contribution in [3.63, 3.8) is 0 Å². The van der Waals surface area contributed by atoms with Crippen molar-refractivity contribution in [1.82, 2.24) is 0 Å². The van der Waals surface area contributed by atoms with Gasteiger partial charge in [-0.25, -0.2) is 0 Å². The van der Waals surface area contributed by atoms with Crippen molar-refractivity contribution in [2.45, 2.75) is 76.9 Å². The van der Waals surface area contributed by atoms with Crippen molar-refractivity contribution < 1.29 is 10.2 Å². The maximum absolute atomic E-state index is 9.77. The van der Waals surface area contributed by atoms with Gasteiger partial charge in [0.25, 0.3) is 0 Å². The SMILES string of the molecule is CC1CCCCCC(O)CCC[C@@H](O)C1. The van der Waals surface area contributed by atoms with Crippen LogP contribution in [0.25, 0.3) is 0 Å². The van der Waals surface area contributed by atoms with Crippen LogP contribution in [0.2, 0.25) is 0 Å². The molecule has 0 amide bonds. The van der Waals surface area contributed by atoms with Gasteiger partial charge in [0, 0.05) is 0 Å². The summed E-state index contributed by atoms with van der Waals surface area (Å²) in [6.45, 7) is 2.24. The Hall–Kier alpha value is -0.0800. The molecule has 0 saturated heterocycles. The predicted octanol–water partition coefficient (Wildman–Crippen LogP) is 2.87. The number of hydrogen-bond donors (Lipinski definition) is 2. The van der Waals surface area contributed by atoms with E-state index in [1.807, 2.05) is 0 Å². The molecule has 1 aliphatic carbocycles. The molecule has 0 spiro atoms. The molecule has 3 atom stereocenters. The largest absolute Gasteiger partial charge is 0.393 e. The van der Waals surface area contributed by atoms with E-state index in [-0.39, 0.29) is 12.2 Å². The van der Waals surface area contributed by atoms with Crippen molar-refractivity contribution in [3.05, 3.63) is 0 Å². The maximum Gasteiger partial charge on any atom is 0.0542 e. The molecule has 2 nitrogen and oxygen atoms in total. The van der Waals surface area contributed by atoms with Crippen LogP contribution in [0.1, 0.15) is 64.7 Å². The molecule has 15 heavy (non-hydrogen) atoms. The van der Waals surface area contributed by atoms with Crippen LogP contribution in [-0.4, -0.2) is 22.4 Å². The van der Waals surface area contributed by atoms with E-state index >= 15 is 0 Å². The van der Waals surface area contributed by atoms with E-state index in [4.69, 9.17) is 0 Å². The highest BCUT2D eigenvalue weighted by Gasteiger charge is 2.13. The quantitative estimate of drug-likeness (QED) is 0.651. The highest BCUT2D eigenvalue weighted by molar-refractivity contribution is 4.66. The standard InChI is InChI=1S/C13H26O2/c1-11-6-3-2-4-7-12(14)8-5-9-13(15)10-11/h11-15H,2-10H2,1H3/t11?,12?,13-/m1/s1. The lowest BCUT2D eigenvalue weighted by Gasteiger charge is -2.19. The average Bonchev–Trinajstić information content (AvgIpc) is 2.15. The number of aliphatic hydroxyl groups excluding tert-OH is 2. The van der Waals surface area contributed by atoms with E-state index in [1.54, 1.807) is 0 Å². The second-order valence-electron chi connectivity index (χ2n) is 5.22. The first kappa shape index (κ1) is 13.0. The lowest BCUT2D eigenvalue weighted by Crippen LogP contribution is -2.14. The Balaban J connectivity index is 2.30. The van der Waals surface area contributed by atoms with Gasteiger partial charge < -0.3 is 10.2 Å². The first-order valence-corrected chi connectivity index (χ1v) is 6.54. The second kappa shape index (κ2) is 7.24. The van der Waals surface area contributed by atoms with Gasteiger partial charge in [-0.2, -0.15) is 0 Å². The molecule has 0 bridgehead atoms. The minimum Gasteiger partial charge on any atom is -0.393 e. The Morgan fingerprint density at radius 1 is 0.733 bits per heavy atom. The van der Waals surface area contributed by atoms with Gasteiger partial charge in [0.15, 0.2) is 0 Å². The summed E-state index contributed by atoms with van der Waals surface area (Å²) in [7, 11) is 0. The fourth-order valence-corrected chi connectivity index (χ4v) is 2.48. The van der Waals surface area contributed by atoms with Crippen molar-refractivity contribution in [2.24, 2.45) is 5.92 Å². The Morgan fingerprint density at radius 3 is 2.13 bits per heavy atom. The lowest BCUT2D eigenvalue weighted by atomic mass is 9.92. The van der Waals surface area contributed by atoms with E-state index in [0.29, 0.717) is 5.92 Å². The molecule has 0 aromatic rings. The van der Waals surface area contributed by atoms with Gasteiger partial charge >= 0.3 is 0 Å². The summed E-state index contributed by atoms with van der Waals surface area (Å²) < 4.78 is 0. The molecule has 1 aliphatic rings. The normalized spacial score (nSPS) is 36.6. The van der Waals surface area contributed by atoms with Crippen molar-refractivity contribution in [3.8, 4) is 0 Å². The van der Waals surface area contributed by atoms with E-state index in [0.717, 1.165) is 38.5 Å². The van der Waals surface area contributed by atoms with Crippen LogP contribution >= 0.6 is 0 Å². The van der Waals surface area contributed by atoms with E-state index in [1.165, 1.54) is 19.3 Å². The van der Waals surface area contributed by atoms with E-state index in [9.17, 15) is 10.2 Å². The maximum atomic E-state index is 9.77. The smallest absolute Gasteiger partial charge is 0.0542 e. The molecule has 0 heterocycles. The summed E-state index contributed by atoms with van der Waals surface area (Å²) in [6.07, 6.45) is 9.19. The predicted molar refractivity (Wildman–Crippen MR) is 62.7 cm³/mol. The topological polar surface area (TPSA) is 40.5 Å². The van der Waals surface area contributed by atoms with Crippen molar-refractivity contribution >= 4 is 0 Å². The van der Waals surface area contributed by atoms with Crippen LogP contribution in [0, 0.1) is 5.92 Å². The fraction of sp³-hybridized carbons (Fsp3) is 1.00. The molecule has 0 aromatic heterocycles. The molecule has 2 N–H and O–H groups in total. The first-order chi connectivity index (χ1) is 7.18. The Kier molecular flexibility index (Phi) is 6.26. The fourth-order valence-electron chi connectivity index (χ4n) is 2.48. The highest BCUT2D eigenvalue weighted by Crippen LogP contribution is 2.20. The molecule has 90 valence electrons. The molecule has 1 rings (SSSR count). The van der Waals surface area contributed by atoms with Crippen LogP contribution in [0.3, 0.4) is 0 Å². The zero-order valence-corrected chi connectivity index (χ0v) is 9.99. The average molecular weight is 214 g/mol. The van der Waals surface area contributed by atoms with Gasteiger partial charge in [-0.1, -0.05) is 32.6 Å². The van der Waals surface area contributed by atoms with E-state index < -0.39 is 0 Å². The van der Waals surface area contributed by atoms with Crippen molar-refractivity contribution in [1.29, 1.82) is 0 Å². The summed E-state index contributed by atoms with van der Waals surface area (Å²) in [6, 6.07) is 0. The molecule has 0 aliphatic heterocycles. The number of hydrogen-bond acceptors (Lipinski definition) is 2. The first-order valence-electron chi connectivity index (χ1n) is 6.54. The zero-order chi connectivity index (χ0) is 11.1. The summed E-state index contributed by atoms with van der Waals surface area (Å²) in [5.74, 6) is 0.657. The van der Waals surface area contributed by atoms with Gasteiger partial charge in [0.05, 0.1) is 12.2 Å². The molecule has 2 heteroatoms. The van der Waals surface area contributed by atoms with Crippen LogP contribution in [-0.2, 0) is 0 Å². The summed E-state index contributed by atoms with van der Waals surface area (Å²) in [5.41, 5.74) is 0. The second-order valence-corrected chi connectivity index (χ2v) is 5.22. The molecule has 0 aromatic carbocycles. The van der Waals surface area contributed by atoms with Crippen LogP contribution < -0.4 is 0 Å². The third-order valence-electron chi connectivity index (χ3n) is 3.48. The molecular formula is C13H26O2. The third kappa shape index (κ3) is 6.16. The number of rotatable bonds is 0. The highest BCUT2D eigenvalue weighted by atomic mass is 16.3. The van der Waals surface area contributed by atoms with Gasteiger partial charge in [0.2, 0.25) is 0 Å². The van der Waals surface area contributed by atoms with Gasteiger partial charge in [0.1, 0.15) is 0 Å². The third-order valence-corrected chi connectivity index (χ3v) is 3.48. The Bertz CT molecular complexity index is 159. The minimum atomic E-state index is -0.147. The zero-order valence-electron chi connectivity index (χ0n) is 9.99. The van der Waals surface area contributed by atoms with Crippen LogP contribution in [0.15, 0.2) is 0 Å². The Morgan fingerprint density at radius 2 is 1.33 bits per heavy atom. The monoisotopic (exact) mass is 214 g/mol. The van der Waals surface area contributed by atoms with Crippen LogP contribution in [0.5, 0.6) is 0 Å². The molecule has 2 unspecified atom stereocenters. The molecule has 1 saturated carbocycles. The lowest BCUT2D eigenvalue weighted by molar-refractivity contribution is 0.109. The Labute approximate surface area is 93.7 Å². The molecule has 1 fully saturated rings. The molecule has 0 radical (unpaired) electrons. The van der Waals surface area contributed by atoms with E-state index in [2.05, 4.69) is 6.92 Å². The van der Waals surface area contributed by atoms with Gasteiger partial charge in [-0.05, 0) is 38.0 Å². The van der Waals surface area contributed by atoms with Crippen LogP contribution in [0.4, 0.5) is 0 Å². The summed E-state index contributed by atoms with van der Waals surface area (Å²) in [4.78, 5) is 0. The summed E-state index contributed by atoms with van der Waals surface area (Å²) in [5, 5.41) is 19.4. The molecular weight excluding hydrogens is 188 g/mol. The minimum absolute atomic E-state index is 0.131.